The molecule has 0 amide bonds. The molecule has 2 rings (SSSR count). The molecule has 92 valence electrons. The SMILES string of the molecule is CCC(Cl)CNc1ncnc2sc(C)c(C)c12. The van der Waals surface area contributed by atoms with Crippen molar-refractivity contribution >= 4 is 39.0 Å². The Morgan fingerprint density at radius 1 is 1.41 bits per heavy atom. The number of hydrogen-bond donors (Lipinski definition) is 1. The highest BCUT2D eigenvalue weighted by molar-refractivity contribution is 7.18. The van der Waals surface area contributed by atoms with Gasteiger partial charge in [-0.1, -0.05) is 6.92 Å². The minimum atomic E-state index is 0.139. The van der Waals surface area contributed by atoms with E-state index in [2.05, 4.69) is 36.1 Å². The molecular formula is C12H16ClN3S. The molecule has 0 aromatic carbocycles. The zero-order valence-corrected chi connectivity index (χ0v) is 11.8. The molecule has 0 radical (unpaired) electrons. The Balaban J connectivity index is 2.33. The lowest BCUT2D eigenvalue weighted by atomic mass is 10.2. The largest absolute Gasteiger partial charge is 0.368 e. The van der Waals surface area contributed by atoms with Gasteiger partial charge in [0.1, 0.15) is 17.0 Å². The number of anilines is 1. The third-order valence-corrected chi connectivity index (χ3v) is 4.48. The summed E-state index contributed by atoms with van der Waals surface area (Å²) >= 11 is 7.82. The molecule has 0 aliphatic carbocycles. The molecule has 3 nitrogen and oxygen atoms in total. The lowest BCUT2D eigenvalue weighted by molar-refractivity contribution is 0.841. The number of halogens is 1. The fourth-order valence-electron chi connectivity index (χ4n) is 1.67. The molecule has 5 heteroatoms. The minimum absolute atomic E-state index is 0.139. The van der Waals surface area contributed by atoms with Crippen molar-refractivity contribution in [2.75, 3.05) is 11.9 Å². The molecular weight excluding hydrogens is 254 g/mol. The van der Waals surface area contributed by atoms with Crippen LogP contribution in [0.2, 0.25) is 0 Å². The maximum Gasteiger partial charge on any atom is 0.138 e. The zero-order chi connectivity index (χ0) is 12.4. The summed E-state index contributed by atoms with van der Waals surface area (Å²) in [5.41, 5.74) is 1.26. The average molecular weight is 270 g/mol. The van der Waals surface area contributed by atoms with Crippen molar-refractivity contribution in [3.8, 4) is 0 Å². The van der Waals surface area contributed by atoms with Crippen LogP contribution in [0.5, 0.6) is 0 Å². The highest BCUT2D eigenvalue weighted by Gasteiger charge is 2.12. The summed E-state index contributed by atoms with van der Waals surface area (Å²) in [6, 6.07) is 0. The van der Waals surface area contributed by atoms with Gasteiger partial charge in [0.25, 0.3) is 0 Å². The van der Waals surface area contributed by atoms with Crippen molar-refractivity contribution in [3.63, 3.8) is 0 Å². The Morgan fingerprint density at radius 2 is 2.18 bits per heavy atom. The van der Waals surface area contributed by atoms with Crippen LogP contribution >= 0.6 is 22.9 Å². The fraction of sp³-hybridized carbons (Fsp3) is 0.500. The summed E-state index contributed by atoms with van der Waals surface area (Å²) < 4.78 is 0. The average Bonchev–Trinajstić information content (AvgIpc) is 2.63. The predicted molar refractivity (Wildman–Crippen MR) is 75.3 cm³/mol. The number of nitrogens with one attached hydrogen (secondary N) is 1. The Morgan fingerprint density at radius 3 is 2.88 bits per heavy atom. The molecule has 0 aliphatic rings. The first-order valence-corrected chi connectivity index (χ1v) is 6.97. The molecule has 2 heterocycles. The fourth-order valence-corrected chi connectivity index (χ4v) is 2.74. The third kappa shape index (κ3) is 2.53. The first-order chi connectivity index (χ1) is 8.13. The van der Waals surface area contributed by atoms with Crippen LogP contribution in [0.1, 0.15) is 23.8 Å². The highest BCUT2D eigenvalue weighted by Crippen LogP contribution is 2.32. The first kappa shape index (κ1) is 12.6. The van der Waals surface area contributed by atoms with Gasteiger partial charge in [-0.05, 0) is 25.8 Å². The van der Waals surface area contributed by atoms with Crippen LogP contribution in [0.15, 0.2) is 6.33 Å². The zero-order valence-electron chi connectivity index (χ0n) is 10.2. The van der Waals surface area contributed by atoms with Gasteiger partial charge in [0.2, 0.25) is 0 Å². The molecule has 1 atom stereocenters. The molecule has 0 bridgehead atoms. The Kier molecular flexibility index (Phi) is 3.84. The van der Waals surface area contributed by atoms with Gasteiger partial charge in [0, 0.05) is 11.4 Å². The molecule has 0 fully saturated rings. The second kappa shape index (κ2) is 5.19. The predicted octanol–water partition coefficient (Wildman–Crippen LogP) is 3.74. The van der Waals surface area contributed by atoms with E-state index in [1.807, 2.05) is 0 Å². The summed E-state index contributed by atoms with van der Waals surface area (Å²) in [4.78, 5) is 11.0. The van der Waals surface area contributed by atoms with Crippen molar-refractivity contribution in [2.45, 2.75) is 32.6 Å². The van der Waals surface area contributed by atoms with E-state index in [0.29, 0.717) is 0 Å². The van der Waals surface area contributed by atoms with Crippen LogP contribution in [0, 0.1) is 13.8 Å². The molecule has 2 aromatic heterocycles. The summed E-state index contributed by atoms with van der Waals surface area (Å²) in [7, 11) is 0. The van der Waals surface area contributed by atoms with Gasteiger partial charge >= 0.3 is 0 Å². The smallest absolute Gasteiger partial charge is 0.138 e. The quantitative estimate of drug-likeness (QED) is 0.860. The van der Waals surface area contributed by atoms with E-state index in [9.17, 15) is 0 Å². The Hall–Kier alpha value is -0.870. The third-order valence-electron chi connectivity index (χ3n) is 2.90. The van der Waals surface area contributed by atoms with E-state index in [-0.39, 0.29) is 5.38 Å². The number of alkyl halides is 1. The number of aromatic nitrogens is 2. The number of hydrogen-bond acceptors (Lipinski definition) is 4. The van der Waals surface area contributed by atoms with Gasteiger partial charge in [-0.3, -0.25) is 0 Å². The number of thiophene rings is 1. The number of fused-ring (bicyclic) bond motifs is 1. The van der Waals surface area contributed by atoms with E-state index in [0.717, 1.165) is 29.0 Å². The van der Waals surface area contributed by atoms with E-state index in [1.54, 1.807) is 17.7 Å². The molecule has 0 aliphatic heterocycles. The van der Waals surface area contributed by atoms with Crippen molar-refractivity contribution in [3.05, 3.63) is 16.8 Å². The summed E-state index contributed by atoms with van der Waals surface area (Å²) in [6.07, 6.45) is 2.56. The molecule has 17 heavy (non-hydrogen) atoms. The van der Waals surface area contributed by atoms with Crippen LogP contribution in [0.25, 0.3) is 10.2 Å². The van der Waals surface area contributed by atoms with Crippen LogP contribution in [-0.2, 0) is 0 Å². The monoisotopic (exact) mass is 269 g/mol. The standard InChI is InChI=1S/C12H16ClN3S/c1-4-9(13)5-14-11-10-7(2)8(3)17-12(10)16-6-15-11/h6,9H,4-5H2,1-3H3,(H,14,15,16). The Bertz CT molecular complexity index is 524. The second-order valence-corrected chi connectivity index (χ2v) is 5.89. The van der Waals surface area contributed by atoms with Gasteiger partial charge in [-0.15, -0.1) is 22.9 Å². The molecule has 2 aromatic rings. The summed E-state index contributed by atoms with van der Waals surface area (Å²) in [5.74, 6) is 0.899. The van der Waals surface area contributed by atoms with Gasteiger partial charge in [-0.25, -0.2) is 9.97 Å². The molecule has 1 N–H and O–H groups in total. The highest BCUT2D eigenvalue weighted by atomic mass is 35.5. The second-order valence-electron chi connectivity index (χ2n) is 4.07. The minimum Gasteiger partial charge on any atom is -0.368 e. The van der Waals surface area contributed by atoms with Crippen LogP contribution in [0.3, 0.4) is 0 Å². The normalized spacial score (nSPS) is 12.9. The molecule has 0 saturated carbocycles. The first-order valence-electron chi connectivity index (χ1n) is 5.72. The van der Waals surface area contributed by atoms with Gasteiger partial charge in [0.05, 0.1) is 10.8 Å². The molecule has 1 unspecified atom stereocenters. The lowest BCUT2D eigenvalue weighted by Crippen LogP contribution is -2.14. The maximum absolute atomic E-state index is 6.11. The van der Waals surface area contributed by atoms with Crippen molar-refractivity contribution in [1.29, 1.82) is 0 Å². The van der Waals surface area contributed by atoms with E-state index in [4.69, 9.17) is 11.6 Å². The van der Waals surface area contributed by atoms with Crippen LogP contribution in [-0.4, -0.2) is 21.9 Å². The maximum atomic E-state index is 6.11. The van der Waals surface area contributed by atoms with Crippen molar-refractivity contribution in [2.24, 2.45) is 0 Å². The number of rotatable bonds is 4. The van der Waals surface area contributed by atoms with Gasteiger partial charge in [0.15, 0.2) is 0 Å². The lowest BCUT2D eigenvalue weighted by Gasteiger charge is -2.10. The van der Waals surface area contributed by atoms with E-state index in [1.165, 1.54) is 10.4 Å². The van der Waals surface area contributed by atoms with E-state index >= 15 is 0 Å². The van der Waals surface area contributed by atoms with E-state index < -0.39 is 0 Å². The van der Waals surface area contributed by atoms with Crippen molar-refractivity contribution in [1.82, 2.24) is 9.97 Å². The van der Waals surface area contributed by atoms with Gasteiger partial charge in [-0.2, -0.15) is 0 Å². The van der Waals surface area contributed by atoms with Gasteiger partial charge < -0.3 is 5.32 Å². The summed E-state index contributed by atoms with van der Waals surface area (Å²) in [5, 5.41) is 4.59. The molecule has 0 saturated heterocycles. The van der Waals surface area contributed by atoms with Crippen LogP contribution < -0.4 is 5.32 Å². The number of nitrogens with zero attached hydrogens (tertiary/aromatic N) is 2. The number of aryl methyl sites for hydroxylation is 2. The Labute approximate surface area is 110 Å². The van der Waals surface area contributed by atoms with Crippen molar-refractivity contribution < 1.29 is 0 Å². The topological polar surface area (TPSA) is 37.8 Å². The molecule has 0 spiro atoms. The summed E-state index contributed by atoms with van der Waals surface area (Å²) in [6.45, 7) is 7.04. The van der Waals surface area contributed by atoms with Crippen LogP contribution in [0.4, 0.5) is 5.82 Å².